The predicted molar refractivity (Wildman–Crippen MR) is 86.0 cm³/mol. The quantitative estimate of drug-likeness (QED) is 0.824. The van der Waals surface area contributed by atoms with Crippen LogP contribution in [0.15, 0.2) is 24.4 Å². The maximum absolute atomic E-state index is 6.05. The van der Waals surface area contributed by atoms with E-state index in [0.717, 1.165) is 23.3 Å². The van der Waals surface area contributed by atoms with Gasteiger partial charge >= 0.3 is 0 Å². The standard InChI is InChI=1S/C17H23N3/c1-12-9-13-14(10-19-12)15(18)5-6-16(13)20-11-17(2)7-3-4-8-17/h5-6,9-10,20H,3-4,7-8,11,18H2,1-2H3. The molecule has 2 aromatic rings. The highest BCUT2D eigenvalue weighted by Gasteiger charge is 2.28. The molecule has 1 aliphatic carbocycles. The van der Waals surface area contributed by atoms with Crippen LogP contribution in [-0.4, -0.2) is 11.5 Å². The van der Waals surface area contributed by atoms with Gasteiger partial charge in [-0.05, 0) is 43.4 Å². The second-order valence-corrected chi connectivity index (χ2v) is 6.44. The van der Waals surface area contributed by atoms with E-state index in [0.29, 0.717) is 5.41 Å². The lowest BCUT2D eigenvalue weighted by Crippen LogP contribution is -2.23. The smallest absolute Gasteiger partial charge is 0.0422 e. The Bertz CT molecular complexity index is 627. The molecule has 0 radical (unpaired) electrons. The Morgan fingerprint density at radius 3 is 2.75 bits per heavy atom. The van der Waals surface area contributed by atoms with Crippen molar-refractivity contribution in [3.05, 3.63) is 30.1 Å². The number of anilines is 2. The first kappa shape index (κ1) is 13.2. The zero-order chi connectivity index (χ0) is 14.2. The number of benzene rings is 1. The minimum absolute atomic E-state index is 0.440. The molecule has 1 aromatic carbocycles. The highest BCUT2D eigenvalue weighted by Crippen LogP contribution is 2.38. The summed E-state index contributed by atoms with van der Waals surface area (Å²) in [6.45, 7) is 5.44. The van der Waals surface area contributed by atoms with Crippen LogP contribution in [-0.2, 0) is 0 Å². The van der Waals surface area contributed by atoms with Gasteiger partial charge in [0.25, 0.3) is 0 Å². The lowest BCUT2D eigenvalue weighted by molar-refractivity contribution is 0.362. The number of fused-ring (bicyclic) bond motifs is 1. The minimum atomic E-state index is 0.440. The number of rotatable bonds is 3. The number of hydrogen-bond donors (Lipinski definition) is 2. The molecule has 3 nitrogen and oxygen atoms in total. The van der Waals surface area contributed by atoms with Gasteiger partial charge < -0.3 is 11.1 Å². The molecule has 3 heteroatoms. The molecule has 3 rings (SSSR count). The molecular weight excluding hydrogens is 246 g/mol. The van der Waals surface area contributed by atoms with E-state index in [4.69, 9.17) is 5.73 Å². The summed E-state index contributed by atoms with van der Waals surface area (Å²) in [4.78, 5) is 4.35. The molecule has 0 aliphatic heterocycles. The third-order valence-electron chi connectivity index (χ3n) is 4.59. The number of nitrogens with zero attached hydrogens (tertiary/aromatic N) is 1. The molecule has 0 spiro atoms. The van der Waals surface area contributed by atoms with Crippen molar-refractivity contribution in [1.29, 1.82) is 0 Å². The first-order chi connectivity index (χ1) is 9.57. The van der Waals surface area contributed by atoms with Gasteiger partial charge in [-0.3, -0.25) is 4.98 Å². The molecule has 106 valence electrons. The Morgan fingerprint density at radius 1 is 1.25 bits per heavy atom. The minimum Gasteiger partial charge on any atom is -0.398 e. The van der Waals surface area contributed by atoms with Gasteiger partial charge in [-0.25, -0.2) is 0 Å². The molecule has 20 heavy (non-hydrogen) atoms. The van der Waals surface area contributed by atoms with Crippen molar-refractivity contribution >= 4 is 22.1 Å². The zero-order valence-electron chi connectivity index (χ0n) is 12.4. The first-order valence-electron chi connectivity index (χ1n) is 7.46. The van der Waals surface area contributed by atoms with Gasteiger partial charge in [-0.2, -0.15) is 0 Å². The molecule has 3 N–H and O–H groups in total. The summed E-state index contributed by atoms with van der Waals surface area (Å²) < 4.78 is 0. The molecule has 1 aromatic heterocycles. The molecule has 0 atom stereocenters. The number of aromatic nitrogens is 1. The summed E-state index contributed by atoms with van der Waals surface area (Å²) in [5, 5.41) is 5.86. The van der Waals surface area contributed by atoms with E-state index in [1.807, 2.05) is 19.2 Å². The van der Waals surface area contributed by atoms with E-state index in [-0.39, 0.29) is 0 Å². The van der Waals surface area contributed by atoms with E-state index >= 15 is 0 Å². The Morgan fingerprint density at radius 2 is 2.00 bits per heavy atom. The van der Waals surface area contributed by atoms with E-state index in [2.05, 4.69) is 29.4 Å². The second-order valence-electron chi connectivity index (χ2n) is 6.44. The summed E-state index contributed by atoms with van der Waals surface area (Å²) in [5.74, 6) is 0. The van der Waals surface area contributed by atoms with Crippen molar-refractivity contribution in [2.75, 3.05) is 17.6 Å². The molecule has 0 saturated heterocycles. The van der Waals surface area contributed by atoms with Crippen LogP contribution in [0.3, 0.4) is 0 Å². The van der Waals surface area contributed by atoms with Crippen LogP contribution in [0, 0.1) is 12.3 Å². The highest BCUT2D eigenvalue weighted by molar-refractivity contribution is 6.00. The van der Waals surface area contributed by atoms with Crippen LogP contribution in [0.2, 0.25) is 0 Å². The molecule has 1 heterocycles. The highest BCUT2D eigenvalue weighted by atomic mass is 14.9. The average molecular weight is 269 g/mol. The largest absolute Gasteiger partial charge is 0.398 e. The van der Waals surface area contributed by atoms with E-state index in [1.165, 1.54) is 36.8 Å². The lowest BCUT2D eigenvalue weighted by Gasteiger charge is -2.25. The van der Waals surface area contributed by atoms with Crippen LogP contribution >= 0.6 is 0 Å². The number of pyridine rings is 1. The Hall–Kier alpha value is -1.77. The fourth-order valence-corrected chi connectivity index (χ4v) is 3.23. The third-order valence-corrected chi connectivity index (χ3v) is 4.59. The summed E-state index contributed by atoms with van der Waals surface area (Å²) in [6.07, 6.45) is 7.26. The van der Waals surface area contributed by atoms with Crippen LogP contribution < -0.4 is 11.1 Å². The zero-order valence-corrected chi connectivity index (χ0v) is 12.4. The van der Waals surface area contributed by atoms with Crippen molar-refractivity contribution in [2.45, 2.75) is 39.5 Å². The summed E-state index contributed by atoms with van der Waals surface area (Å²) >= 11 is 0. The van der Waals surface area contributed by atoms with Crippen LogP contribution in [0.25, 0.3) is 10.8 Å². The van der Waals surface area contributed by atoms with Crippen molar-refractivity contribution in [1.82, 2.24) is 4.98 Å². The monoisotopic (exact) mass is 269 g/mol. The number of nitrogen functional groups attached to an aromatic ring is 1. The van der Waals surface area contributed by atoms with Gasteiger partial charge in [-0.15, -0.1) is 0 Å². The van der Waals surface area contributed by atoms with E-state index in [1.54, 1.807) is 0 Å². The van der Waals surface area contributed by atoms with E-state index < -0.39 is 0 Å². The number of nitrogens with one attached hydrogen (secondary N) is 1. The molecule has 0 amide bonds. The second kappa shape index (κ2) is 4.97. The van der Waals surface area contributed by atoms with Gasteiger partial charge in [0.05, 0.1) is 0 Å². The molecule has 1 fully saturated rings. The van der Waals surface area contributed by atoms with Gasteiger partial charge in [0.2, 0.25) is 0 Å². The summed E-state index contributed by atoms with van der Waals surface area (Å²) in [6, 6.07) is 6.18. The number of hydrogen-bond acceptors (Lipinski definition) is 3. The third kappa shape index (κ3) is 2.45. The maximum Gasteiger partial charge on any atom is 0.0422 e. The molecule has 0 bridgehead atoms. The molecular formula is C17H23N3. The fraction of sp³-hybridized carbons (Fsp3) is 0.471. The summed E-state index contributed by atoms with van der Waals surface area (Å²) in [7, 11) is 0. The van der Waals surface area contributed by atoms with Crippen molar-refractivity contribution in [3.8, 4) is 0 Å². The van der Waals surface area contributed by atoms with E-state index in [9.17, 15) is 0 Å². The van der Waals surface area contributed by atoms with Crippen molar-refractivity contribution in [2.24, 2.45) is 5.41 Å². The average Bonchev–Trinajstić information content (AvgIpc) is 2.85. The molecule has 1 saturated carbocycles. The van der Waals surface area contributed by atoms with Gasteiger partial charge in [0, 0.05) is 40.6 Å². The van der Waals surface area contributed by atoms with Crippen LogP contribution in [0.5, 0.6) is 0 Å². The maximum atomic E-state index is 6.05. The van der Waals surface area contributed by atoms with Gasteiger partial charge in [0.1, 0.15) is 0 Å². The van der Waals surface area contributed by atoms with Crippen molar-refractivity contribution < 1.29 is 0 Å². The summed E-state index contributed by atoms with van der Waals surface area (Å²) in [5.41, 5.74) is 9.49. The number of nitrogens with two attached hydrogens (primary N) is 1. The van der Waals surface area contributed by atoms with Gasteiger partial charge in [0.15, 0.2) is 0 Å². The SMILES string of the molecule is Cc1cc2c(NCC3(C)CCCC3)ccc(N)c2cn1. The normalized spacial score (nSPS) is 17.5. The Kier molecular flexibility index (Phi) is 3.28. The predicted octanol–water partition coefficient (Wildman–Crippen LogP) is 4.12. The molecule has 1 aliphatic rings. The topological polar surface area (TPSA) is 50.9 Å². The Balaban J connectivity index is 1.91. The van der Waals surface area contributed by atoms with Crippen LogP contribution in [0.4, 0.5) is 11.4 Å². The van der Waals surface area contributed by atoms with Gasteiger partial charge in [-0.1, -0.05) is 19.8 Å². The van der Waals surface area contributed by atoms with Crippen LogP contribution in [0.1, 0.15) is 38.3 Å². The van der Waals surface area contributed by atoms with Crippen molar-refractivity contribution in [3.63, 3.8) is 0 Å². The molecule has 0 unspecified atom stereocenters. The lowest BCUT2D eigenvalue weighted by atomic mass is 9.89. The number of aryl methyl sites for hydroxylation is 1. The fourth-order valence-electron chi connectivity index (χ4n) is 3.23. The first-order valence-corrected chi connectivity index (χ1v) is 7.46. The Labute approximate surface area is 120 Å².